The van der Waals surface area contributed by atoms with E-state index in [2.05, 4.69) is 28.4 Å². The number of hydrogen-bond donors (Lipinski definition) is 0. The first-order valence-corrected chi connectivity index (χ1v) is 7.85. The molecule has 26 heavy (non-hydrogen) atoms. The van der Waals surface area contributed by atoms with Gasteiger partial charge in [-0.3, -0.25) is 14.4 Å². The zero-order valence-electron chi connectivity index (χ0n) is 15.1. The molecular weight excluding hydrogens is 336 g/mol. The summed E-state index contributed by atoms with van der Waals surface area (Å²) in [7, 11) is 0. The summed E-state index contributed by atoms with van der Waals surface area (Å²) >= 11 is 0. The van der Waals surface area contributed by atoms with Gasteiger partial charge in [-0.2, -0.15) is 0 Å². The summed E-state index contributed by atoms with van der Waals surface area (Å²) in [4.78, 5) is 32.3. The SMILES string of the molecule is CC(=O)OC/C=C/C#CC#C/C=C\C=C/[C@@H](CCOC(C)=O)OC(C)=O. The molecule has 0 saturated carbocycles. The lowest BCUT2D eigenvalue weighted by Crippen LogP contribution is -2.17. The molecule has 0 aliphatic carbocycles. The third kappa shape index (κ3) is 17.1. The van der Waals surface area contributed by atoms with E-state index in [0.717, 1.165) is 0 Å². The van der Waals surface area contributed by atoms with Crippen molar-refractivity contribution in [2.75, 3.05) is 13.2 Å². The van der Waals surface area contributed by atoms with Crippen LogP contribution >= 0.6 is 0 Å². The monoisotopic (exact) mass is 358 g/mol. The van der Waals surface area contributed by atoms with Gasteiger partial charge in [-0.1, -0.05) is 24.0 Å². The lowest BCUT2D eigenvalue weighted by atomic mass is 10.2. The Morgan fingerprint density at radius 1 is 0.885 bits per heavy atom. The van der Waals surface area contributed by atoms with Crippen molar-refractivity contribution in [1.29, 1.82) is 0 Å². The van der Waals surface area contributed by atoms with Crippen LogP contribution in [0.5, 0.6) is 0 Å². The summed E-state index contributed by atoms with van der Waals surface area (Å²) in [5.74, 6) is 9.48. The highest BCUT2D eigenvalue weighted by molar-refractivity contribution is 5.66. The molecule has 0 rings (SSSR count). The van der Waals surface area contributed by atoms with Crippen LogP contribution in [0.2, 0.25) is 0 Å². The van der Waals surface area contributed by atoms with E-state index in [4.69, 9.17) is 9.47 Å². The molecular formula is C20H22O6. The predicted octanol–water partition coefficient (Wildman–Crippen LogP) is 2.11. The molecule has 6 heteroatoms. The van der Waals surface area contributed by atoms with Gasteiger partial charge in [-0.15, -0.1) is 0 Å². The van der Waals surface area contributed by atoms with Gasteiger partial charge in [-0.25, -0.2) is 0 Å². The smallest absolute Gasteiger partial charge is 0.303 e. The van der Waals surface area contributed by atoms with E-state index in [1.54, 1.807) is 36.5 Å². The summed E-state index contributed by atoms with van der Waals surface area (Å²) in [6, 6.07) is 0. The van der Waals surface area contributed by atoms with Crippen LogP contribution in [0.15, 0.2) is 36.5 Å². The molecule has 0 unspecified atom stereocenters. The van der Waals surface area contributed by atoms with Crippen LogP contribution < -0.4 is 0 Å². The topological polar surface area (TPSA) is 78.9 Å². The van der Waals surface area contributed by atoms with Crippen molar-refractivity contribution in [2.24, 2.45) is 0 Å². The maximum absolute atomic E-state index is 11.0. The van der Waals surface area contributed by atoms with E-state index in [0.29, 0.717) is 6.42 Å². The van der Waals surface area contributed by atoms with E-state index in [1.165, 1.54) is 20.8 Å². The fraction of sp³-hybridized carbons (Fsp3) is 0.350. The minimum atomic E-state index is -0.480. The molecule has 0 spiro atoms. The van der Waals surface area contributed by atoms with Crippen LogP contribution in [0.1, 0.15) is 27.2 Å². The minimum absolute atomic E-state index is 0.168. The van der Waals surface area contributed by atoms with Crippen LogP contribution in [0, 0.1) is 23.7 Å². The van der Waals surface area contributed by atoms with Crippen molar-refractivity contribution in [1.82, 2.24) is 0 Å². The third-order valence-electron chi connectivity index (χ3n) is 2.43. The molecule has 138 valence electrons. The number of ether oxygens (including phenoxy) is 3. The van der Waals surface area contributed by atoms with Crippen LogP contribution in [0.4, 0.5) is 0 Å². The first-order valence-electron chi connectivity index (χ1n) is 7.85. The summed E-state index contributed by atoms with van der Waals surface area (Å²) in [6.45, 7) is 4.31. The van der Waals surface area contributed by atoms with E-state index < -0.39 is 12.1 Å². The number of allylic oxidation sites excluding steroid dienone is 4. The van der Waals surface area contributed by atoms with Gasteiger partial charge in [0.1, 0.15) is 12.7 Å². The molecule has 6 nitrogen and oxygen atoms in total. The van der Waals surface area contributed by atoms with Crippen molar-refractivity contribution in [3.05, 3.63) is 36.5 Å². The fourth-order valence-electron chi connectivity index (χ4n) is 1.45. The fourth-order valence-corrected chi connectivity index (χ4v) is 1.45. The van der Waals surface area contributed by atoms with Gasteiger partial charge in [0.25, 0.3) is 0 Å². The Morgan fingerprint density at radius 2 is 1.54 bits per heavy atom. The molecule has 0 aliphatic heterocycles. The second-order valence-electron chi connectivity index (χ2n) is 4.76. The zero-order chi connectivity index (χ0) is 19.6. The molecule has 0 bridgehead atoms. The highest BCUT2D eigenvalue weighted by atomic mass is 16.6. The highest BCUT2D eigenvalue weighted by Crippen LogP contribution is 2.02. The molecule has 0 aromatic rings. The molecule has 0 fully saturated rings. The number of esters is 3. The maximum Gasteiger partial charge on any atom is 0.303 e. The van der Waals surface area contributed by atoms with Crippen molar-refractivity contribution in [3.8, 4) is 23.7 Å². The Kier molecular flexibility index (Phi) is 13.4. The Hall–Kier alpha value is -3.25. The lowest BCUT2D eigenvalue weighted by Gasteiger charge is -2.12. The van der Waals surface area contributed by atoms with Gasteiger partial charge in [0.2, 0.25) is 0 Å². The number of carbonyl (C=O) groups is 3. The van der Waals surface area contributed by atoms with E-state index in [-0.39, 0.29) is 25.2 Å². The average Bonchev–Trinajstić information content (AvgIpc) is 2.54. The van der Waals surface area contributed by atoms with Crippen molar-refractivity contribution in [3.63, 3.8) is 0 Å². The van der Waals surface area contributed by atoms with Gasteiger partial charge in [0.05, 0.1) is 6.61 Å². The molecule has 1 atom stereocenters. The van der Waals surface area contributed by atoms with Gasteiger partial charge >= 0.3 is 17.9 Å². The minimum Gasteiger partial charge on any atom is -0.466 e. The second-order valence-corrected chi connectivity index (χ2v) is 4.76. The Morgan fingerprint density at radius 3 is 2.15 bits per heavy atom. The number of rotatable bonds is 8. The summed E-state index contributed by atoms with van der Waals surface area (Å²) in [6.07, 6.45) is 9.67. The van der Waals surface area contributed by atoms with Crippen molar-refractivity contribution < 1.29 is 28.6 Å². The van der Waals surface area contributed by atoms with Gasteiger partial charge < -0.3 is 14.2 Å². The quantitative estimate of drug-likeness (QED) is 0.286. The van der Waals surface area contributed by atoms with E-state index in [9.17, 15) is 14.4 Å². The molecule has 0 amide bonds. The molecule has 0 saturated heterocycles. The Balaban J connectivity index is 4.31. The molecule has 0 aromatic heterocycles. The van der Waals surface area contributed by atoms with E-state index >= 15 is 0 Å². The zero-order valence-corrected chi connectivity index (χ0v) is 15.1. The normalized spacial score (nSPS) is 11.3. The summed E-state index contributed by atoms with van der Waals surface area (Å²) in [5.41, 5.74) is 0. The first-order chi connectivity index (χ1) is 12.4. The lowest BCUT2D eigenvalue weighted by molar-refractivity contribution is -0.146. The van der Waals surface area contributed by atoms with Crippen molar-refractivity contribution >= 4 is 17.9 Å². The van der Waals surface area contributed by atoms with Gasteiger partial charge in [0, 0.05) is 27.2 Å². The average molecular weight is 358 g/mol. The third-order valence-corrected chi connectivity index (χ3v) is 2.43. The molecule has 0 radical (unpaired) electrons. The largest absolute Gasteiger partial charge is 0.466 e. The van der Waals surface area contributed by atoms with Crippen LogP contribution in [0.3, 0.4) is 0 Å². The Bertz CT molecular complexity index is 677. The van der Waals surface area contributed by atoms with Crippen LogP contribution in [-0.4, -0.2) is 37.2 Å². The van der Waals surface area contributed by atoms with Crippen LogP contribution in [-0.2, 0) is 28.6 Å². The molecule has 0 heterocycles. The van der Waals surface area contributed by atoms with Crippen molar-refractivity contribution in [2.45, 2.75) is 33.3 Å². The highest BCUT2D eigenvalue weighted by Gasteiger charge is 2.08. The maximum atomic E-state index is 11.0. The molecule has 0 aromatic carbocycles. The van der Waals surface area contributed by atoms with Gasteiger partial charge in [0.15, 0.2) is 0 Å². The van der Waals surface area contributed by atoms with Gasteiger partial charge in [-0.05, 0) is 36.1 Å². The van der Waals surface area contributed by atoms with Crippen LogP contribution in [0.25, 0.3) is 0 Å². The standard InChI is InChI=1S/C20H22O6/c1-17(21)24-15-12-10-8-6-4-5-7-9-11-13-20(26-19(3)23)14-16-25-18(2)22/h7,9-13,20H,14-16H2,1-3H3/b9-7-,12-10+,13-11-/t20-/m0/s1. The number of hydrogen-bond acceptors (Lipinski definition) is 6. The Labute approximate surface area is 153 Å². The van der Waals surface area contributed by atoms with E-state index in [1.807, 2.05) is 0 Å². The predicted molar refractivity (Wildman–Crippen MR) is 96.4 cm³/mol. The molecule has 0 N–H and O–H groups in total. The first kappa shape index (κ1) is 22.8. The molecule has 0 aliphatic rings. The summed E-state index contributed by atoms with van der Waals surface area (Å²) < 4.78 is 14.6. The number of carbonyl (C=O) groups excluding carboxylic acids is 3. The summed E-state index contributed by atoms with van der Waals surface area (Å²) in [5, 5.41) is 0. The second kappa shape index (κ2) is 15.3.